The second kappa shape index (κ2) is 5.97. The van der Waals surface area contributed by atoms with Crippen LogP contribution in [0.25, 0.3) is 0 Å². The summed E-state index contributed by atoms with van der Waals surface area (Å²) >= 11 is 0. The van der Waals surface area contributed by atoms with Gasteiger partial charge in [-0.15, -0.1) is 0 Å². The second-order valence-corrected chi connectivity index (χ2v) is 6.38. The fourth-order valence-corrected chi connectivity index (χ4v) is 3.40. The monoisotopic (exact) mass is 271 g/mol. The first-order valence-electron chi connectivity index (χ1n) is 7.69. The Morgan fingerprint density at radius 3 is 2.55 bits per heavy atom. The summed E-state index contributed by atoms with van der Waals surface area (Å²) in [6.45, 7) is 6.26. The van der Waals surface area contributed by atoms with Gasteiger partial charge in [0.15, 0.2) is 0 Å². The van der Waals surface area contributed by atoms with Gasteiger partial charge in [0.25, 0.3) is 0 Å². The van der Waals surface area contributed by atoms with Crippen LogP contribution in [0.1, 0.15) is 61.8 Å². The molecule has 0 saturated heterocycles. The number of aliphatic hydroxyl groups excluding tert-OH is 1. The van der Waals surface area contributed by atoms with Gasteiger partial charge in [0, 0.05) is 0 Å². The predicted octanol–water partition coefficient (Wildman–Crippen LogP) is 4.45. The Morgan fingerprint density at radius 1 is 1.35 bits per heavy atom. The van der Waals surface area contributed by atoms with Crippen molar-refractivity contribution in [2.45, 2.75) is 59.0 Å². The van der Waals surface area contributed by atoms with Crippen molar-refractivity contribution in [1.29, 1.82) is 5.26 Å². The highest BCUT2D eigenvalue weighted by Crippen LogP contribution is 2.48. The van der Waals surface area contributed by atoms with Crippen LogP contribution >= 0.6 is 0 Å². The lowest BCUT2D eigenvalue weighted by Gasteiger charge is -2.38. The van der Waals surface area contributed by atoms with Gasteiger partial charge in [-0.1, -0.05) is 37.1 Å². The number of hydrogen-bond acceptors (Lipinski definition) is 2. The van der Waals surface area contributed by atoms with E-state index < -0.39 is 11.5 Å². The van der Waals surface area contributed by atoms with Gasteiger partial charge in [0.2, 0.25) is 0 Å². The van der Waals surface area contributed by atoms with E-state index in [-0.39, 0.29) is 0 Å². The Hall–Kier alpha value is -1.33. The highest BCUT2D eigenvalue weighted by Gasteiger charge is 2.42. The summed E-state index contributed by atoms with van der Waals surface area (Å²) in [5, 5.41) is 20.5. The molecule has 0 amide bonds. The van der Waals surface area contributed by atoms with Gasteiger partial charge in [-0.2, -0.15) is 5.26 Å². The van der Waals surface area contributed by atoms with Gasteiger partial charge in [-0.05, 0) is 56.6 Å². The van der Waals surface area contributed by atoms with Crippen molar-refractivity contribution in [2.24, 2.45) is 11.3 Å². The third-order valence-electron chi connectivity index (χ3n) is 5.05. The summed E-state index contributed by atoms with van der Waals surface area (Å²) in [6.07, 6.45) is 4.27. The van der Waals surface area contributed by atoms with Crippen LogP contribution in [-0.4, -0.2) is 5.11 Å². The minimum Gasteiger partial charge on any atom is -0.387 e. The maximum atomic E-state index is 10.8. The zero-order valence-electron chi connectivity index (χ0n) is 12.8. The molecule has 0 heterocycles. The zero-order chi connectivity index (χ0) is 14.8. The average Bonchev–Trinajstić information content (AvgIpc) is 2.49. The summed E-state index contributed by atoms with van der Waals surface area (Å²) < 4.78 is 0. The Kier molecular flexibility index (Phi) is 4.50. The normalized spacial score (nSPS) is 27.9. The molecule has 0 spiro atoms. The van der Waals surface area contributed by atoms with Crippen molar-refractivity contribution in [3.63, 3.8) is 0 Å². The average molecular weight is 271 g/mol. The van der Waals surface area contributed by atoms with Gasteiger partial charge >= 0.3 is 0 Å². The standard InChI is InChI=1S/C18H25NO/c1-4-15-7-9-18(12-19,10-8-15)17(20)16-11-13(2)5-6-14(16)3/h5-6,11,15,17,20H,4,7-10H2,1-3H3. The lowest BCUT2D eigenvalue weighted by molar-refractivity contribution is 0.0238. The van der Waals surface area contributed by atoms with Crippen LogP contribution in [-0.2, 0) is 0 Å². The van der Waals surface area contributed by atoms with Crippen LogP contribution in [0.5, 0.6) is 0 Å². The highest BCUT2D eigenvalue weighted by atomic mass is 16.3. The second-order valence-electron chi connectivity index (χ2n) is 6.38. The van der Waals surface area contributed by atoms with Crippen molar-refractivity contribution in [3.05, 3.63) is 34.9 Å². The molecule has 0 aliphatic heterocycles. The summed E-state index contributed by atoms with van der Waals surface area (Å²) in [7, 11) is 0. The first kappa shape index (κ1) is 15.1. The number of aryl methyl sites for hydroxylation is 2. The number of benzene rings is 1. The number of nitriles is 1. The molecule has 108 valence electrons. The quantitative estimate of drug-likeness (QED) is 0.882. The van der Waals surface area contributed by atoms with E-state index in [2.05, 4.69) is 19.1 Å². The molecule has 0 bridgehead atoms. The van der Waals surface area contributed by atoms with Crippen LogP contribution in [0.2, 0.25) is 0 Å². The minimum absolute atomic E-state index is 0.593. The molecule has 20 heavy (non-hydrogen) atoms. The molecular weight excluding hydrogens is 246 g/mol. The third-order valence-corrected chi connectivity index (χ3v) is 5.05. The molecule has 0 radical (unpaired) electrons. The van der Waals surface area contributed by atoms with Gasteiger partial charge < -0.3 is 5.11 Å². The number of nitrogens with zero attached hydrogens (tertiary/aromatic N) is 1. The largest absolute Gasteiger partial charge is 0.387 e. The van der Waals surface area contributed by atoms with Crippen LogP contribution in [0, 0.1) is 36.5 Å². The van der Waals surface area contributed by atoms with Crippen LogP contribution in [0.15, 0.2) is 18.2 Å². The summed E-state index contributed by atoms with van der Waals surface area (Å²) in [6, 6.07) is 8.58. The van der Waals surface area contributed by atoms with E-state index in [0.29, 0.717) is 0 Å². The molecule has 0 aromatic heterocycles. The van der Waals surface area contributed by atoms with Crippen molar-refractivity contribution < 1.29 is 5.11 Å². The summed E-state index contributed by atoms with van der Waals surface area (Å²) in [5.41, 5.74) is 2.56. The summed E-state index contributed by atoms with van der Waals surface area (Å²) in [4.78, 5) is 0. The van der Waals surface area contributed by atoms with Gasteiger partial charge in [-0.3, -0.25) is 0 Å². The Bertz CT molecular complexity index is 507. The molecule has 2 rings (SSSR count). The number of rotatable bonds is 3. The lowest BCUT2D eigenvalue weighted by atomic mass is 9.66. The van der Waals surface area contributed by atoms with Crippen LogP contribution in [0.3, 0.4) is 0 Å². The number of aliphatic hydroxyl groups is 1. The maximum Gasteiger partial charge on any atom is 0.0978 e. The van der Waals surface area contributed by atoms with Gasteiger partial charge in [-0.25, -0.2) is 0 Å². The number of hydrogen-bond donors (Lipinski definition) is 1. The van der Waals surface area contributed by atoms with E-state index in [1.54, 1.807) is 0 Å². The van der Waals surface area contributed by atoms with E-state index >= 15 is 0 Å². The molecule has 1 fully saturated rings. The molecule has 1 unspecified atom stereocenters. The maximum absolute atomic E-state index is 10.8. The molecule has 1 aromatic carbocycles. The topological polar surface area (TPSA) is 44.0 Å². The van der Waals surface area contributed by atoms with E-state index in [1.165, 1.54) is 6.42 Å². The molecule has 1 atom stereocenters. The molecule has 1 aromatic rings. The predicted molar refractivity (Wildman–Crippen MR) is 81.2 cm³/mol. The fourth-order valence-electron chi connectivity index (χ4n) is 3.40. The fraction of sp³-hybridized carbons (Fsp3) is 0.611. The van der Waals surface area contributed by atoms with Crippen molar-refractivity contribution in [2.75, 3.05) is 0 Å². The lowest BCUT2D eigenvalue weighted by Crippen LogP contribution is -2.32. The van der Waals surface area contributed by atoms with Crippen LogP contribution < -0.4 is 0 Å². The Balaban J connectivity index is 2.28. The van der Waals surface area contributed by atoms with E-state index in [4.69, 9.17) is 0 Å². The molecule has 2 heteroatoms. The van der Waals surface area contributed by atoms with Gasteiger partial charge in [0.1, 0.15) is 0 Å². The molecule has 1 aliphatic carbocycles. The van der Waals surface area contributed by atoms with E-state index in [9.17, 15) is 10.4 Å². The molecule has 1 saturated carbocycles. The van der Waals surface area contributed by atoms with E-state index in [1.807, 2.05) is 26.0 Å². The SMILES string of the molecule is CCC1CCC(C#N)(C(O)c2cc(C)ccc2C)CC1. The van der Waals surface area contributed by atoms with E-state index in [0.717, 1.165) is 48.3 Å². The Morgan fingerprint density at radius 2 is 2.00 bits per heavy atom. The van der Waals surface area contributed by atoms with Crippen molar-refractivity contribution >= 4 is 0 Å². The van der Waals surface area contributed by atoms with Crippen molar-refractivity contribution in [1.82, 2.24) is 0 Å². The molecule has 2 nitrogen and oxygen atoms in total. The first-order chi connectivity index (χ1) is 9.52. The smallest absolute Gasteiger partial charge is 0.0978 e. The molecule has 1 aliphatic rings. The zero-order valence-corrected chi connectivity index (χ0v) is 12.8. The van der Waals surface area contributed by atoms with Gasteiger partial charge in [0.05, 0.1) is 17.6 Å². The molecular formula is C18H25NO. The first-order valence-corrected chi connectivity index (χ1v) is 7.69. The summed E-state index contributed by atoms with van der Waals surface area (Å²) in [5.74, 6) is 0.724. The molecule has 1 N–H and O–H groups in total. The highest BCUT2D eigenvalue weighted by molar-refractivity contribution is 5.34. The third kappa shape index (κ3) is 2.74. The van der Waals surface area contributed by atoms with Crippen LogP contribution in [0.4, 0.5) is 0 Å². The minimum atomic E-state index is -0.662. The van der Waals surface area contributed by atoms with Crippen molar-refractivity contribution in [3.8, 4) is 6.07 Å². The Labute approximate surface area is 122 Å².